The molecule has 16 nitrogen and oxygen atoms in total. The Balaban J connectivity index is 1.26. The van der Waals surface area contributed by atoms with Gasteiger partial charge in [0.05, 0.1) is 17.3 Å². The summed E-state index contributed by atoms with van der Waals surface area (Å²) in [6.45, 7) is 1.76. The van der Waals surface area contributed by atoms with Crippen LogP contribution in [0.1, 0.15) is 33.5 Å². The summed E-state index contributed by atoms with van der Waals surface area (Å²) in [6.07, 6.45) is 1.21. The van der Waals surface area contributed by atoms with Crippen LogP contribution in [-0.4, -0.2) is 85.9 Å². The number of nitrogens with one attached hydrogen (secondary N) is 3. The summed E-state index contributed by atoms with van der Waals surface area (Å²) in [7, 11) is 1.53. The van der Waals surface area contributed by atoms with E-state index in [2.05, 4.69) is 36.0 Å². The summed E-state index contributed by atoms with van der Waals surface area (Å²) in [5, 5.41) is 26.3. The van der Waals surface area contributed by atoms with Gasteiger partial charge in [-0.25, -0.2) is 9.78 Å². The number of pyridine rings is 2. The van der Waals surface area contributed by atoms with Crippen LogP contribution < -0.4 is 21.8 Å². The van der Waals surface area contributed by atoms with E-state index in [-0.39, 0.29) is 44.2 Å². The molecule has 234 valence electrons. The third kappa shape index (κ3) is 5.36. The van der Waals surface area contributed by atoms with Crippen LogP contribution >= 0.6 is 24.0 Å². The minimum absolute atomic E-state index is 0.0378. The number of nitrogens with zero attached hydrogens (tertiary/aromatic N) is 6. The van der Waals surface area contributed by atoms with E-state index >= 15 is 0 Å². The lowest BCUT2D eigenvalue weighted by molar-refractivity contribution is -0.150. The molecule has 0 saturated carbocycles. The number of rotatable bonds is 8. The lowest BCUT2D eigenvalue weighted by Crippen LogP contribution is -2.71. The first kappa shape index (κ1) is 30.5. The Kier molecular flexibility index (Phi) is 7.82. The van der Waals surface area contributed by atoms with Crippen LogP contribution in [0.5, 0.6) is 0 Å². The molecule has 0 spiro atoms. The van der Waals surface area contributed by atoms with Crippen molar-refractivity contribution in [2.45, 2.75) is 24.4 Å². The number of thioether (sulfide) groups is 1. The number of aromatic amines is 1. The van der Waals surface area contributed by atoms with Crippen molar-refractivity contribution in [3.8, 4) is 0 Å². The monoisotopic (exact) mass is 660 g/mol. The molecule has 18 heteroatoms. The zero-order valence-electron chi connectivity index (χ0n) is 24.0. The van der Waals surface area contributed by atoms with Crippen LogP contribution in [0.15, 0.2) is 58.7 Å². The van der Waals surface area contributed by atoms with Gasteiger partial charge in [0, 0.05) is 28.9 Å². The molecule has 1 saturated heterocycles. The number of H-pyrrole nitrogens is 1. The number of thiocarbonyl (C=S) groups is 1. The molecule has 2 aliphatic heterocycles. The SMILES string of the molecule is Cc1ccc2c(=O)c(C(=O)NC(C(=O)NC3C(=O)N4C(C(=O)O)=C(C(=S)c5nnn(C)n5)CS[C@@H]34)c3cccc(N)c3)c[nH]c2n1. The summed E-state index contributed by atoms with van der Waals surface area (Å²) in [4.78, 5) is 75.3. The number of anilines is 1. The summed E-state index contributed by atoms with van der Waals surface area (Å²) >= 11 is 6.62. The molecule has 2 aliphatic rings. The van der Waals surface area contributed by atoms with E-state index in [1.54, 1.807) is 37.3 Å². The number of amides is 3. The van der Waals surface area contributed by atoms with Crippen LogP contribution in [0.3, 0.4) is 0 Å². The zero-order chi connectivity index (χ0) is 32.9. The highest BCUT2D eigenvalue weighted by atomic mass is 32.2. The van der Waals surface area contributed by atoms with Crippen LogP contribution in [0.25, 0.3) is 11.0 Å². The maximum Gasteiger partial charge on any atom is 0.353 e. The highest BCUT2D eigenvalue weighted by molar-refractivity contribution is 8.00. The molecule has 3 atom stereocenters. The van der Waals surface area contributed by atoms with Crippen LogP contribution in [0.2, 0.25) is 0 Å². The summed E-state index contributed by atoms with van der Waals surface area (Å²) in [5.41, 5.74) is 6.51. The number of tetrazole rings is 1. The third-order valence-electron chi connectivity index (χ3n) is 7.36. The van der Waals surface area contributed by atoms with Gasteiger partial charge in [0.25, 0.3) is 11.8 Å². The van der Waals surface area contributed by atoms with Gasteiger partial charge in [0.15, 0.2) is 0 Å². The Hall–Kier alpha value is -5.49. The molecule has 2 unspecified atom stereocenters. The van der Waals surface area contributed by atoms with Gasteiger partial charge >= 0.3 is 5.97 Å². The first-order valence-electron chi connectivity index (χ1n) is 13.6. The van der Waals surface area contributed by atoms with Crippen LogP contribution in [0, 0.1) is 6.92 Å². The maximum atomic E-state index is 13.7. The fraction of sp³-hybridized carbons (Fsp3) is 0.214. The zero-order valence-corrected chi connectivity index (χ0v) is 25.7. The number of nitrogen functional groups attached to an aromatic ring is 1. The average molecular weight is 661 g/mol. The van der Waals surface area contributed by atoms with Crippen molar-refractivity contribution >= 4 is 69.3 Å². The summed E-state index contributed by atoms with van der Waals surface area (Å²) in [6, 6.07) is 6.89. The first-order chi connectivity index (χ1) is 21.9. The van der Waals surface area contributed by atoms with E-state index in [0.29, 0.717) is 17.0 Å². The number of carboxylic acids is 1. The second-order valence-corrected chi connectivity index (χ2v) is 11.9. The van der Waals surface area contributed by atoms with Crippen molar-refractivity contribution in [2.75, 3.05) is 11.5 Å². The van der Waals surface area contributed by atoms with Gasteiger partial charge in [0.2, 0.25) is 17.2 Å². The molecular weight excluding hydrogens is 637 g/mol. The fourth-order valence-corrected chi connectivity index (χ4v) is 6.85. The van der Waals surface area contributed by atoms with Gasteiger partial charge in [-0.3, -0.25) is 24.1 Å². The number of carbonyl (C=O) groups excluding carboxylic acids is 3. The van der Waals surface area contributed by atoms with Crippen molar-refractivity contribution in [3.05, 3.63) is 86.7 Å². The second-order valence-electron chi connectivity index (χ2n) is 10.4. The molecule has 3 amide bonds. The molecule has 0 radical (unpaired) electrons. The standard InChI is InChI=1S/C28H24N10O6S2/c1-11-6-7-14-20(39)15(9-30-22(14)31-11)24(40)32-17(12-4-3-5-13(29)8-12)25(41)33-18-26(42)38-19(28(43)44)16(10-46-27(18)38)21(45)23-34-36-37(2)35-23/h3-9,17-18,27H,10,29H2,1-2H3,(H,32,40)(H,33,41)(H,43,44)(H,30,31,39)/t17?,18?,27-/m0/s1. The number of carboxylic acid groups (broad SMARTS) is 1. The van der Waals surface area contributed by atoms with E-state index in [1.165, 1.54) is 35.9 Å². The van der Waals surface area contributed by atoms with Crippen LogP contribution in [0.4, 0.5) is 5.69 Å². The Labute approximate surface area is 268 Å². The molecule has 1 fully saturated rings. The predicted molar refractivity (Wildman–Crippen MR) is 168 cm³/mol. The number of nitrogens with two attached hydrogens (primary N) is 1. The van der Waals surface area contributed by atoms with Gasteiger partial charge in [-0.2, -0.15) is 4.80 Å². The number of aliphatic carboxylic acids is 1. The van der Waals surface area contributed by atoms with Crippen molar-refractivity contribution < 1.29 is 24.3 Å². The van der Waals surface area contributed by atoms with Gasteiger partial charge in [0.1, 0.15) is 34.4 Å². The maximum absolute atomic E-state index is 13.7. The minimum atomic E-state index is -1.39. The highest BCUT2D eigenvalue weighted by Gasteiger charge is 2.55. The molecule has 5 heterocycles. The number of aromatic nitrogens is 6. The van der Waals surface area contributed by atoms with E-state index in [0.717, 1.165) is 4.90 Å². The van der Waals surface area contributed by atoms with Crippen molar-refractivity contribution in [3.63, 3.8) is 0 Å². The Morgan fingerprint density at radius 3 is 2.70 bits per heavy atom. The van der Waals surface area contributed by atoms with E-state index < -0.39 is 46.6 Å². The van der Waals surface area contributed by atoms with Crippen molar-refractivity contribution in [1.82, 2.24) is 45.7 Å². The molecule has 1 aromatic carbocycles. The molecule has 6 N–H and O–H groups in total. The number of β-lactam (4-membered cyclic amide) rings is 1. The largest absolute Gasteiger partial charge is 0.477 e. The Morgan fingerprint density at radius 2 is 2.00 bits per heavy atom. The van der Waals surface area contributed by atoms with Gasteiger partial charge in [-0.1, -0.05) is 24.4 Å². The number of hydrogen-bond acceptors (Lipinski definition) is 12. The van der Waals surface area contributed by atoms with E-state index in [9.17, 15) is 29.1 Å². The van der Waals surface area contributed by atoms with Gasteiger partial charge in [-0.05, 0) is 42.0 Å². The number of aryl methyl sites for hydroxylation is 2. The Bertz CT molecular complexity index is 2070. The molecule has 46 heavy (non-hydrogen) atoms. The molecule has 3 aromatic heterocycles. The molecule has 4 aromatic rings. The lowest BCUT2D eigenvalue weighted by Gasteiger charge is -2.49. The number of hydrogen-bond donors (Lipinski definition) is 5. The highest BCUT2D eigenvalue weighted by Crippen LogP contribution is 2.41. The smallest absolute Gasteiger partial charge is 0.353 e. The topological polar surface area (TPSA) is 231 Å². The van der Waals surface area contributed by atoms with Crippen LogP contribution in [-0.2, 0) is 21.4 Å². The minimum Gasteiger partial charge on any atom is -0.477 e. The molecule has 0 aliphatic carbocycles. The third-order valence-corrected chi connectivity index (χ3v) is 9.07. The van der Waals surface area contributed by atoms with E-state index in [1.807, 2.05) is 0 Å². The normalized spacial score (nSPS) is 18.0. The quantitative estimate of drug-likeness (QED) is 0.0724. The van der Waals surface area contributed by atoms with Crippen molar-refractivity contribution in [1.29, 1.82) is 0 Å². The second kappa shape index (κ2) is 11.8. The Morgan fingerprint density at radius 1 is 1.22 bits per heavy atom. The molecule has 6 rings (SSSR count). The van der Waals surface area contributed by atoms with Gasteiger partial charge in [-0.15, -0.1) is 22.0 Å². The summed E-state index contributed by atoms with van der Waals surface area (Å²) in [5.74, 6) is -3.58. The molecule has 0 bridgehead atoms. The number of fused-ring (bicyclic) bond motifs is 2. The lowest BCUT2D eigenvalue weighted by atomic mass is 9.99. The fourth-order valence-electron chi connectivity index (χ4n) is 5.16. The van der Waals surface area contributed by atoms with Crippen molar-refractivity contribution in [2.24, 2.45) is 7.05 Å². The predicted octanol–water partition coefficient (Wildman–Crippen LogP) is -0.0349. The first-order valence-corrected chi connectivity index (χ1v) is 15.1. The summed E-state index contributed by atoms with van der Waals surface area (Å²) < 4.78 is 0. The molecular formula is C28H24N10O6S2. The number of benzene rings is 1. The van der Waals surface area contributed by atoms with E-state index in [4.69, 9.17) is 18.0 Å². The number of carbonyl (C=O) groups is 4. The average Bonchev–Trinajstić information content (AvgIpc) is 3.47. The van der Waals surface area contributed by atoms with Gasteiger partial charge < -0.3 is 26.5 Å².